The van der Waals surface area contributed by atoms with Gasteiger partial charge in [0.15, 0.2) is 0 Å². The highest BCUT2D eigenvalue weighted by atomic mass is 19.1. The van der Waals surface area contributed by atoms with Crippen molar-refractivity contribution < 1.29 is 13.9 Å². The molecule has 0 spiro atoms. The third-order valence-corrected chi connectivity index (χ3v) is 2.70. The maximum Gasteiger partial charge on any atom is 0.255 e. The van der Waals surface area contributed by atoms with Crippen LogP contribution in [0.25, 0.3) is 0 Å². The summed E-state index contributed by atoms with van der Waals surface area (Å²) in [5.74, 6) is -0.521. The molecule has 0 unspecified atom stereocenters. The molecule has 2 aromatic rings. The molecule has 0 radical (unpaired) electrons. The number of nitrogens with zero attached hydrogens (tertiary/aromatic N) is 1. The number of aromatic nitrogens is 1. The topological polar surface area (TPSA) is 77.2 Å². The summed E-state index contributed by atoms with van der Waals surface area (Å²) in [4.78, 5) is 16.1. The summed E-state index contributed by atoms with van der Waals surface area (Å²) >= 11 is 0. The molecule has 0 atom stereocenters. The Hall–Kier alpha value is -2.47. The van der Waals surface area contributed by atoms with Crippen LogP contribution in [0.2, 0.25) is 0 Å². The lowest BCUT2D eigenvalue weighted by molar-refractivity contribution is 0.102. The van der Waals surface area contributed by atoms with E-state index in [2.05, 4.69) is 10.3 Å². The number of anilines is 1. The average Bonchev–Trinajstić information content (AvgIpc) is 2.49. The van der Waals surface area contributed by atoms with Crippen LogP contribution in [-0.2, 0) is 6.54 Å². The molecular formula is C14H14FN3O2. The average molecular weight is 275 g/mol. The Morgan fingerprint density at radius 2 is 2.20 bits per heavy atom. The molecule has 3 N–H and O–H groups in total. The molecule has 0 bridgehead atoms. The van der Waals surface area contributed by atoms with Gasteiger partial charge in [0.05, 0.1) is 18.5 Å². The van der Waals surface area contributed by atoms with Crippen LogP contribution in [0, 0.1) is 5.82 Å². The van der Waals surface area contributed by atoms with Crippen LogP contribution in [-0.4, -0.2) is 18.0 Å². The number of hydrogen-bond acceptors (Lipinski definition) is 4. The first-order valence-corrected chi connectivity index (χ1v) is 5.94. The predicted molar refractivity (Wildman–Crippen MR) is 73.0 cm³/mol. The van der Waals surface area contributed by atoms with Crippen molar-refractivity contribution in [3.63, 3.8) is 0 Å². The number of hydrogen-bond donors (Lipinski definition) is 2. The summed E-state index contributed by atoms with van der Waals surface area (Å²) in [5.41, 5.74) is 6.91. The molecular weight excluding hydrogens is 261 g/mol. The van der Waals surface area contributed by atoms with E-state index in [-0.39, 0.29) is 18.2 Å². The summed E-state index contributed by atoms with van der Waals surface area (Å²) < 4.78 is 18.1. The highest BCUT2D eigenvalue weighted by Crippen LogP contribution is 2.25. The fourth-order valence-corrected chi connectivity index (χ4v) is 1.69. The van der Waals surface area contributed by atoms with E-state index in [0.29, 0.717) is 16.9 Å². The fraction of sp³-hybridized carbons (Fsp3) is 0.143. The highest BCUT2D eigenvalue weighted by Gasteiger charge is 2.11. The molecule has 2 rings (SSSR count). The second-order valence-electron chi connectivity index (χ2n) is 4.04. The van der Waals surface area contributed by atoms with E-state index in [1.54, 1.807) is 12.1 Å². The monoisotopic (exact) mass is 275 g/mol. The number of ether oxygens (including phenoxy) is 1. The number of pyridine rings is 1. The Balaban J connectivity index is 2.23. The molecule has 1 aromatic carbocycles. The first-order chi connectivity index (χ1) is 9.63. The number of halogens is 1. The Kier molecular flexibility index (Phi) is 4.27. The quantitative estimate of drug-likeness (QED) is 0.894. The Morgan fingerprint density at radius 1 is 1.40 bits per heavy atom. The van der Waals surface area contributed by atoms with E-state index in [9.17, 15) is 9.18 Å². The molecule has 0 saturated carbocycles. The van der Waals surface area contributed by atoms with Crippen LogP contribution >= 0.6 is 0 Å². The second-order valence-corrected chi connectivity index (χ2v) is 4.04. The van der Waals surface area contributed by atoms with E-state index in [0.717, 1.165) is 0 Å². The minimum absolute atomic E-state index is 0.251. The molecule has 1 aromatic heterocycles. The molecule has 0 saturated heterocycles. The van der Waals surface area contributed by atoms with Crippen molar-refractivity contribution in [2.24, 2.45) is 5.73 Å². The summed E-state index contributed by atoms with van der Waals surface area (Å²) in [6, 6.07) is 7.07. The zero-order chi connectivity index (χ0) is 14.5. The standard InChI is InChI=1S/C14H14FN3O2/c1-20-13-7-10(15)2-3-12(13)18-14(19)9-4-5-17-11(6-9)8-16/h2-7H,8,16H2,1H3,(H,18,19). The van der Waals surface area contributed by atoms with Crippen molar-refractivity contribution in [1.29, 1.82) is 0 Å². The Labute approximate surface area is 115 Å². The third-order valence-electron chi connectivity index (χ3n) is 2.70. The van der Waals surface area contributed by atoms with E-state index < -0.39 is 5.82 Å². The number of amides is 1. The summed E-state index contributed by atoms with van der Waals surface area (Å²) in [7, 11) is 1.41. The van der Waals surface area contributed by atoms with Crippen LogP contribution < -0.4 is 15.8 Å². The van der Waals surface area contributed by atoms with Gasteiger partial charge >= 0.3 is 0 Å². The van der Waals surface area contributed by atoms with E-state index in [1.807, 2.05) is 0 Å². The Morgan fingerprint density at radius 3 is 2.90 bits per heavy atom. The van der Waals surface area contributed by atoms with Gasteiger partial charge in [0.1, 0.15) is 11.6 Å². The zero-order valence-electron chi connectivity index (χ0n) is 10.9. The summed E-state index contributed by atoms with van der Waals surface area (Å²) in [6.07, 6.45) is 1.51. The van der Waals surface area contributed by atoms with Gasteiger partial charge in [0, 0.05) is 24.4 Å². The van der Waals surface area contributed by atoms with Crippen molar-refractivity contribution >= 4 is 11.6 Å². The normalized spacial score (nSPS) is 10.2. The maximum atomic E-state index is 13.1. The largest absolute Gasteiger partial charge is 0.494 e. The molecule has 1 amide bonds. The third kappa shape index (κ3) is 3.10. The maximum absolute atomic E-state index is 13.1. The van der Waals surface area contributed by atoms with Gasteiger partial charge in [-0.2, -0.15) is 0 Å². The fourth-order valence-electron chi connectivity index (χ4n) is 1.69. The minimum atomic E-state index is -0.436. The molecule has 0 fully saturated rings. The lowest BCUT2D eigenvalue weighted by atomic mass is 10.2. The smallest absolute Gasteiger partial charge is 0.255 e. The summed E-state index contributed by atoms with van der Waals surface area (Å²) in [5, 5.41) is 2.66. The van der Waals surface area contributed by atoms with E-state index >= 15 is 0 Å². The predicted octanol–water partition coefficient (Wildman–Crippen LogP) is 1.94. The zero-order valence-corrected chi connectivity index (χ0v) is 10.9. The molecule has 6 heteroatoms. The molecule has 104 valence electrons. The van der Waals surface area contributed by atoms with Gasteiger partial charge in [-0.05, 0) is 24.3 Å². The first kappa shape index (κ1) is 14.0. The van der Waals surface area contributed by atoms with Gasteiger partial charge in [-0.15, -0.1) is 0 Å². The molecule has 1 heterocycles. The molecule has 0 aliphatic rings. The molecule has 0 aliphatic heterocycles. The number of nitrogens with one attached hydrogen (secondary N) is 1. The number of carbonyl (C=O) groups excluding carboxylic acids is 1. The number of rotatable bonds is 4. The van der Waals surface area contributed by atoms with Gasteiger partial charge in [0.2, 0.25) is 0 Å². The van der Waals surface area contributed by atoms with Gasteiger partial charge in [0.25, 0.3) is 5.91 Å². The van der Waals surface area contributed by atoms with Crippen molar-refractivity contribution in [1.82, 2.24) is 4.98 Å². The first-order valence-electron chi connectivity index (χ1n) is 5.94. The van der Waals surface area contributed by atoms with E-state index in [1.165, 1.54) is 31.5 Å². The van der Waals surface area contributed by atoms with E-state index in [4.69, 9.17) is 10.5 Å². The van der Waals surface area contributed by atoms with Gasteiger partial charge in [-0.1, -0.05) is 0 Å². The number of benzene rings is 1. The second kappa shape index (κ2) is 6.12. The van der Waals surface area contributed by atoms with Gasteiger partial charge < -0.3 is 15.8 Å². The molecule has 0 aliphatic carbocycles. The van der Waals surface area contributed by atoms with Crippen molar-refractivity contribution in [2.45, 2.75) is 6.54 Å². The van der Waals surface area contributed by atoms with Crippen molar-refractivity contribution in [2.75, 3.05) is 12.4 Å². The van der Waals surface area contributed by atoms with Crippen molar-refractivity contribution in [3.05, 3.63) is 53.6 Å². The number of carbonyl (C=O) groups is 1. The van der Waals surface area contributed by atoms with Crippen LogP contribution in [0.3, 0.4) is 0 Å². The van der Waals surface area contributed by atoms with Crippen LogP contribution in [0.1, 0.15) is 16.1 Å². The van der Waals surface area contributed by atoms with Gasteiger partial charge in [-0.25, -0.2) is 4.39 Å². The molecule has 5 nitrogen and oxygen atoms in total. The number of methoxy groups -OCH3 is 1. The summed E-state index contributed by atoms with van der Waals surface area (Å²) in [6.45, 7) is 0.251. The van der Waals surface area contributed by atoms with Crippen LogP contribution in [0.15, 0.2) is 36.5 Å². The lowest BCUT2D eigenvalue weighted by Gasteiger charge is -2.10. The van der Waals surface area contributed by atoms with Gasteiger partial charge in [-0.3, -0.25) is 9.78 Å². The lowest BCUT2D eigenvalue weighted by Crippen LogP contribution is -2.14. The number of nitrogens with two attached hydrogens (primary N) is 1. The van der Waals surface area contributed by atoms with Crippen LogP contribution in [0.5, 0.6) is 5.75 Å². The highest BCUT2D eigenvalue weighted by molar-refractivity contribution is 6.05. The molecule has 20 heavy (non-hydrogen) atoms. The minimum Gasteiger partial charge on any atom is -0.494 e. The Bertz CT molecular complexity index is 632. The van der Waals surface area contributed by atoms with Crippen LogP contribution in [0.4, 0.5) is 10.1 Å². The van der Waals surface area contributed by atoms with Crippen molar-refractivity contribution in [3.8, 4) is 5.75 Å². The SMILES string of the molecule is COc1cc(F)ccc1NC(=O)c1ccnc(CN)c1.